The summed E-state index contributed by atoms with van der Waals surface area (Å²) in [5.74, 6) is 0. The Hall–Kier alpha value is -1.94. The topological polar surface area (TPSA) is 29.5 Å². The minimum Gasteiger partial charge on any atom is -0.424 e. The van der Waals surface area contributed by atoms with Crippen molar-refractivity contribution in [1.29, 1.82) is 0 Å². The summed E-state index contributed by atoms with van der Waals surface area (Å²) >= 11 is 0. The average molecular weight is 479 g/mol. The van der Waals surface area contributed by atoms with Crippen LogP contribution in [0.15, 0.2) is 84.0 Å². The molecule has 2 nitrogen and oxygen atoms in total. The van der Waals surface area contributed by atoms with Crippen molar-refractivity contribution in [3.8, 4) is 0 Å². The molecular weight excluding hydrogens is 432 g/mol. The van der Waals surface area contributed by atoms with Crippen molar-refractivity contribution in [1.82, 2.24) is 0 Å². The number of ether oxygens (including phenoxy) is 1. The Morgan fingerprint density at radius 3 is 2.00 bits per heavy atom. The number of unbranched alkanes of at least 4 members (excludes halogenated alkanes) is 1. The van der Waals surface area contributed by atoms with Crippen molar-refractivity contribution < 1.29 is 9.53 Å². The van der Waals surface area contributed by atoms with Gasteiger partial charge in [-0.05, 0) is 66.9 Å². The third-order valence-corrected chi connectivity index (χ3v) is 11.8. The van der Waals surface area contributed by atoms with Gasteiger partial charge in [0.25, 0.3) is 8.32 Å². The Morgan fingerprint density at radius 2 is 1.50 bits per heavy atom. The van der Waals surface area contributed by atoms with E-state index in [0.717, 1.165) is 42.5 Å². The van der Waals surface area contributed by atoms with E-state index in [2.05, 4.69) is 71.0 Å². The van der Waals surface area contributed by atoms with Crippen molar-refractivity contribution in [3.63, 3.8) is 0 Å². The van der Waals surface area contributed by atoms with Gasteiger partial charge in [0.05, 0.1) is 6.10 Å². The fraction of sp³-hybridized carbons (Fsp3) is 0.484. The fourth-order valence-corrected chi connectivity index (χ4v) is 8.60. The summed E-state index contributed by atoms with van der Waals surface area (Å²) in [7, 11) is -1.10. The van der Waals surface area contributed by atoms with Crippen LogP contribution in [-0.2, 0) is 4.74 Å². The summed E-state index contributed by atoms with van der Waals surface area (Å²) in [6.45, 7) is 11.2. The molecule has 34 heavy (non-hydrogen) atoms. The predicted molar refractivity (Wildman–Crippen MR) is 150 cm³/mol. The molecule has 0 saturated carbocycles. The molecule has 1 N–H and O–H groups in total. The molecule has 3 heteroatoms. The standard InChI is InChI=1S/C31H46O2Si/c1-7-8-24-30(33-6)27(3)19-15-17-26(2)18-16-25-31(4,5)34(32,28-20-11-9-12-21-28)29-22-13-10-14-23-29/h9-14,18-23,30,32H,7-8,15-17,24-25H2,1-6H3/b26-18+,27-19+. The van der Waals surface area contributed by atoms with E-state index in [9.17, 15) is 4.80 Å². The van der Waals surface area contributed by atoms with E-state index < -0.39 is 8.32 Å². The molecule has 1 unspecified atom stereocenters. The number of allylic oxidation sites excluding steroid dienone is 3. The summed E-state index contributed by atoms with van der Waals surface area (Å²) in [6.07, 6.45) is 12.6. The summed E-state index contributed by atoms with van der Waals surface area (Å²) in [5.41, 5.74) is 2.78. The molecule has 0 aliphatic carbocycles. The number of methoxy groups -OCH3 is 1. The van der Waals surface area contributed by atoms with Gasteiger partial charge in [-0.3, -0.25) is 0 Å². The van der Waals surface area contributed by atoms with Gasteiger partial charge in [-0.25, -0.2) is 0 Å². The highest BCUT2D eigenvalue weighted by atomic mass is 28.4. The first kappa shape index (κ1) is 28.3. The van der Waals surface area contributed by atoms with Crippen LogP contribution >= 0.6 is 0 Å². The normalized spacial score (nSPS) is 14.3. The van der Waals surface area contributed by atoms with Crippen LogP contribution in [0.2, 0.25) is 5.04 Å². The molecular formula is C31H46O2Si. The Bertz CT molecular complexity index is 860. The van der Waals surface area contributed by atoms with Crippen LogP contribution in [0.25, 0.3) is 0 Å². The lowest BCUT2D eigenvalue weighted by atomic mass is 10.0. The summed E-state index contributed by atoms with van der Waals surface area (Å²) in [5, 5.41) is 1.97. The molecule has 0 amide bonds. The van der Waals surface area contributed by atoms with Crippen LogP contribution in [0.5, 0.6) is 0 Å². The number of hydrogen-bond acceptors (Lipinski definition) is 2. The lowest BCUT2D eigenvalue weighted by Crippen LogP contribution is -2.65. The van der Waals surface area contributed by atoms with Gasteiger partial charge in [-0.1, -0.05) is 112 Å². The molecule has 0 aliphatic rings. The highest BCUT2D eigenvalue weighted by Gasteiger charge is 2.49. The van der Waals surface area contributed by atoms with Crippen molar-refractivity contribution in [2.24, 2.45) is 0 Å². The number of benzene rings is 2. The SMILES string of the molecule is CCCCC(OC)/C(C)=C/CC/C(C)=C/CCC(C)(C)[Si](O)(c1ccccc1)c1ccccc1. The van der Waals surface area contributed by atoms with E-state index in [0.29, 0.717) is 0 Å². The maximum Gasteiger partial charge on any atom is 0.258 e. The fourth-order valence-electron chi connectivity index (χ4n) is 4.85. The molecule has 0 heterocycles. The van der Waals surface area contributed by atoms with Crippen LogP contribution in [0.3, 0.4) is 0 Å². The zero-order chi connectivity index (χ0) is 25.0. The maximum atomic E-state index is 12.3. The van der Waals surface area contributed by atoms with E-state index >= 15 is 0 Å². The second kappa shape index (κ2) is 13.8. The van der Waals surface area contributed by atoms with Crippen molar-refractivity contribution >= 4 is 18.7 Å². The molecule has 186 valence electrons. The van der Waals surface area contributed by atoms with Crippen LogP contribution in [0.4, 0.5) is 0 Å². The predicted octanol–water partition coefficient (Wildman–Crippen LogP) is 7.18. The molecule has 0 aromatic heterocycles. The smallest absolute Gasteiger partial charge is 0.258 e. The highest BCUT2D eigenvalue weighted by molar-refractivity contribution is 6.98. The van der Waals surface area contributed by atoms with Gasteiger partial charge in [0.2, 0.25) is 0 Å². The van der Waals surface area contributed by atoms with Gasteiger partial charge in [-0.15, -0.1) is 0 Å². The number of rotatable bonds is 14. The van der Waals surface area contributed by atoms with Crippen molar-refractivity contribution in [3.05, 3.63) is 84.0 Å². The van der Waals surface area contributed by atoms with E-state index in [-0.39, 0.29) is 11.1 Å². The molecule has 1 atom stereocenters. The monoisotopic (exact) mass is 478 g/mol. The molecule has 0 bridgehead atoms. The molecule has 0 radical (unpaired) electrons. The molecule has 2 aromatic carbocycles. The third-order valence-electron chi connectivity index (χ3n) is 7.24. The average Bonchev–Trinajstić information content (AvgIpc) is 2.84. The first-order chi connectivity index (χ1) is 16.3. The second-order valence-electron chi connectivity index (χ2n) is 10.3. The van der Waals surface area contributed by atoms with Crippen LogP contribution < -0.4 is 10.4 Å². The Labute approximate surface area is 209 Å². The van der Waals surface area contributed by atoms with E-state index in [1.807, 2.05) is 43.5 Å². The molecule has 0 aliphatic heterocycles. The Balaban J connectivity index is 2.05. The minimum atomic E-state index is -2.92. The summed E-state index contributed by atoms with van der Waals surface area (Å²) in [6, 6.07) is 20.6. The first-order valence-corrected chi connectivity index (χ1v) is 14.9. The van der Waals surface area contributed by atoms with Gasteiger partial charge in [0.15, 0.2) is 0 Å². The molecule has 0 fully saturated rings. The van der Waals surface area contributed by atoms with Gasteiger partial charge in [0, 0.05) is 7.11 Å². The quantitative estimate of drug-likeness (QED) is 0.230. The van der Waals surface area contributed by atoms with Crippen LogP contribution in [0, 0.1) is 0 Å². The van der Waals surface area contributed by atoms with Gasteiger partial charge < -0.3 is 9.53 Å². The lowest BCUT2D eigenvalue weighted by molar-refractivity contribution is 0.122. The van der Waals surface area contributed by atoms with E-state index in [1.165, 1.54) is 24.0 Å². The van der Waals surface area contributed by atoms with E-state index in [4.69, 9.17) is 4.74 Å². The van der Waals surface area contributed by atoms with Crippen molar-refractivity contribution in [2.45, 2.75) is 90.7 Å². The molecule has 2 aromatic rings. The Kier molecular flexibility index (Phi) is 11.5. The first-order valence-electron chi connectivity index (χ1n) is 12.9. The maximum absolute atomic E-state index is 12.3. The minimum absolute atomic E-state index is 0.200. The molecule has 0 saturated heterocycles. The number of hydrogen-bond donors (Lipinski definition) is 1. The molecule has 0 spiro atoms. The molecule has 2 rings (SSSR count). The highest BCUT2D eigenvalue weighted by Crippen LogP contribution is 2.40. The van der Waals surface area contributed by atoms with Crippen LogP contribution in [-0.4, -0.2) is 26.3 Å². The van der Waals surface area contributed by atoms with Gasteiger partial charge >= 0.3 is 0 Å². The van der Waals surface area contributed by atoms with Gasteiger partial charge in [-0.2, -0.15) is 0 Å². The van der Waals surface area contributed by atoms with Gasteiger partial charge in [0.1, 0.15) is 0 Å². The zero-order valence-electron chi connectivity index (χ0n) is 22.3. The lowest BCUT2D eigenvalue weighted by Gasteiger charge is -2.41. The Morgan fingerprint density at radius 1 is 0.941 bits per heavy atom. The van der Waals surface area contributed by atoms with Crippen molar-refractivity contribution in [2.75, 3.05) is 7.11 Å². The van der Waals surface area contributed by atoms with E-state index in [1.54, 1.807) is 0 Å². The summed E-state index contributed by atoms with van der Waals surface area (Å²) in [4.78, 5) is 12.3. The third kappa shape index (κ3) is 7.53. The summed E-state index contributed by atoms with van der Waals surface area (Å²) < 4.78 is 5.68. The largest absolute Gasteiger partial charge is 0.424 e. The second-order valence-corrected chi connectivity index (χ2v) is 14.2. The zero-order valence-corrected chi connectivity index (χ0v) is 23.3. The van der Waals surface area contributed by atoms with Crippen LogP contribution in [0.1, 0.15) is 79.6 Å².